The average Bonchev–Trinajstić information content (AvgIpc) is 3.46. The zero-order valence-corrected chi connectivity index (χ0v) is 20.9. The first-order valence-electron chi connectivity index (χ1n) is 11.1. The van der Waals surface area contributed by atoms with Crippen LogP contribution in [0, 0.1) is 6.92 Å². The summed E-state index contributed by atoms with van der Waals surface area (Å²) in [5.74, 6) is -0.311. The fraction of sp³-hybridized carbons (Fsp3) is 0.160. The lowest BCUT2D eigenvalue weighted by Gasteiger charge is -2.10. The molecule has 5 aromatic rings. The Morgan fingerprint density at radius 2 is 1.69 bits per heavy atom. The molecule has 3 N–H and O–H groups in total. The molecule has 0 unspecified atom stereocenters. The van der Waals surface area contributed by atoms with Crippen LogP contribution in [0.4, 0.5) is 0 Å². The van der Waals surface area contributed by atoms with Gasteiger partial charge in [0.15, 0.2) is 5.16 Å². The van der Waals surface area contributed by atoms with Gasteiger partial charge in [0.05, 0.1) is 22.6 Å². The van der Waals surface area contributed by atoms with Crippen LogP contribution in [0.15, 0.2) is 70.6 Å². The van der Waals surface area contributed by atoms with E-state index in [4.69, 9.17) is 5.73 Å². The van der Waals surface area contributed by atoms with Crippen molar-refractivity contribution in [2.24, 2.45) is 5.73 Å². The molecule has 0 aliphatic rings. The van der Waals surface area contributed by atoms with Crippen LogP contribution in [0.3, 0.4) is 0 Å². The Morgan fingerprint density at radius 3 is 2.36 bits per heavy atom. The molecule has 2 amide bonds. The quantitative estimate of drug-likeness (QED) is 0.304. The highest BCUT2D eigenvalue weighted by Gasteiger charge is 2.24. The fourth-order valence-electron chi connectivity index (χ4n) is 3.96. The SMILES string of the molecule is Cc1c(C(N)=O)sc2c1c(=O)n(Cc1ccccc1)c1nnc(SCC(=O)NCc3ccccc3)n21. The van der Waals surface area contributed by atoms with Crippen molar-refractivity contribution in [3.63, 3.8) is 0 Å². The zero-order valence-electron chi connectivity index (χ0n) is 19.3. The summed E-state index contributed by atoms with van der Waals surface area (Å²) in [5.41, 5.74) is 7.77. The molecule has 0 fully saturated rings. The summed E-state index contributed by atoms with van der Waals surface area (Å²) in [6, 6.07) is 19.2. The van der Waals surface area contributed by atoms with Gasteiger partial charge < -0.3 is 11.1 Å². The largest absolute Gasteiger partial charge is 0.365 e. The van der Waals surface area contributed by atoms with Gasteiger partial charge in [-0.3, -0.25) is 19.0 Å². The van der Waals surface area contributed by atoms with Crippen LogP contribution in [0.2, 0.25) is 0 Å². The number of fused-ring (bicyclic) bond motifs is 3. The van der Waals surface area contributed by atoms with E-state index in [2.05, 4.69) is 15.5 Å². The summed E-state index contributed by atoms with van der Waals surface area (Å²) in [5, 5.41) is 12.3. The van der Waals surface area contributed by atoms with E-state index in [0.29, 0.717) is 38.1 Å². The summed E-state index contributed by atoms with van der Waals surface area (Å²) in [7, 11) is 0. The predicted molar refractivity (Wildman–Crippen MR) is 140 cm³/mol. The van der Waals surface area contributed by atoms with E-state index >= 15 is 0 Å². The van der Waals surface area contributed by atoms with Gasteiger partial charge in [0.25, 0.3) is 11.5 Å². The number of hydrogen-bond acceptors (Lipinski definition) is 7. The van der Waals surface area contributed by atoms with Gasteiger partial charge in [-0.25, -0.2) is 4.40 Å². The van der Waals surface area contributed by atoms with Gasteiger partial charge in [-0.1, -0.05) is 72.4 Å². The summed E-state index contributed by atoms with van der Waals surface area (Å²) in [6.45, 7) is 2.42. The van der Waals surface area contributed by atoms with E-state index in [0.717, 1.165) is 22.5 Å². The van der Waals surface area contributed by atoms with E-state index in [-0.39, 0.29) is 23.8 Å². The molecule has 0 radical (unpaired) electrons. The first-order chi connectivity index (χ1) is 17.4. The lowest BCUT2D eigenvalue weighted by Crippen LogP contribution is -2.25. The minimum atomic E-state index is -0.599. The van der Waals surface area contributed by atoms with Gasteiger partial charge in [-0.05, 0) is 23.6 Å². The summed E-state index contributed by atoms with van der Waals surface area (Å²) < 4.78 is 3.27. The number of thiophene rings is 1. The summed E-state index contributed by atoms with van der Waals surface area (Å²) in [4.78, 5) is 39.0. The molecule has 36 heavy (non-hydrogen) atoms. The Labute approximate surface area is 214 Å². The third kappa shape index (κ3) is 4.50. The van der Waals surface area contributed by atoms with Crippen molar-refractivity contribution in [2.45, 2.75) is 25.2 Å². The lowest BCUT2D eigenvalue weighted by molar-refractivity contribution is -0.118. The molecular weight excluding hydrogens is 496 g/mol. The number of nitrogens with zero attached hydrogens (tertiary/aromatic N) is 4. The maximum Gasteiger partial charge on any atom is 0.264 e. The van der Waals surface area contributed by atoms with E-state index < -0.39 is 5.91 Å². The maximum absolute atomic E-state index is 13.6. The van der Waals surface area contributed by atoms with E-state index in [1.165, 1.54) is 16.3 Å². The first kappa shape index (κ1) is 23.8. The topological polar surface area (TPSA) is 124 Å². The Hall–Kier alpha value is -3.96. The molecular formula is C25H22N6O3S2. The van der Waals surface area contributed by atoms with Crippen LogP contribution < -0.4 is 16.6 Å². The van der Waals surface area contributed by atoms with Crippen LogP contribution in [-0.4, -0.2) is 36.7 Å². The van der Waals surface area contributed by atoms with E-state index in [1.54, 1.807) is 11.3 Å². The van der Waals surface area contributed by atoms with Crippen molar-refractivity contribution in [3.05, 3.63) is 92.6 Å². The number of amides is 2. The number of nitrogens with one attached hydrogen (secondary N) is 1. The number of primary amides is 1. The third-order valence-corrected chi connectivity index (χ3v) is 7.94. The van der Waals surface area contributed by atoms with Crippen molar-refractivity contribution >= 4 is 50.9 Å². The Bertz CT molecular complexity index is 1640. The molecule has 11 heteroatoms. The first-order valence-corrected chi connectivity index (χ1v) is 12.9. The van der Waals surface area contributed by atoms with Crippen LogP contribution in [0.25, 0.3) is 16.0 Å². The highest BCUT2D eigenvalue weighted by Crippen LogP contribution is 2.31. The van der Waals surface area contributed by atoms with Crippen molar-refractivity contribution in [2.75, 3.05) is 5.75 Å². The van der Waals surface area contributed by atoms with Crippen LogP contribution in [0.1, 0.15) is 26.4 Å². The van der Waals surface area contributed by atoms with E-state index in [1.807, 2.05) is 60.7 Å². The number of rotatable bonds is 8. The Kier molecular flexibility index (Phi) is 6.57. The smallest absolute Gasteiger partial charge is 0.264 e. The summed E-state index contributed by atoms with van der Waals surface area (Å²) >= 11 is 2.34. The number of thioether (sulfide) groups is 1. The standard InChI is InChI=1S/C25H22N6O3S2/c1-15-19-22(34)30(13-17-10-6-3-7-11-17)24-28-29-25(31(24)23(19)36-20(15)21(26)33)35-14-18(32)27-12-16-8-4-2-5-9-16/h2-11H,12-14H2,1H3,(H2,26,33)(H,27,32). The van der Waals surface area contributed by atoms with Gasteiger partial charge in [-0.2, -0.15) is 0 Å². The highest BCUT2D eigenvalue weighted by molar-refractivity contribution is 7.99. The summed E-state index contributed by atoms with van der Waals surface area (Å²) in [6.07, 6.45) is 0. The normalized spacial score (nSPS) is 11.2. The van der Waals surface area contributed by atoms with Crippen molar-refractivity contribution in [1.82, 2.24) is 24.5 Å². The maximum atomic E-state index is 13.6. The van der Waals surface area contributed by atoms with Crippen LogP contribution in [0.5, 0.6) is 0 Å². The number of hydrogen-bond donors (Lipinski definition) is 2. The van der Waals surface area contributed by atoms with Crippen molar-refractivity contribution < 1.29 is 9.59 Å². The fourth-order valence-corrected chi connectivity index (χ4v) is 5.93. The Morgan fingerprint density at radius 1 is 1.03 bits per heavy atom. The Balaban J connectivity index is 1.53. The molecule has 5 rings (SSSR count). The number of carbonyl (C=O) groups is 2. The minimum absolute atomic E-state index is 0.111. The molecule has 2 aromatic carbocycles. The number of aromatic nitrogens is 4. The molecule has 0 aliphatic heterocycles. The second kappa shape index (κ2) is 9.96. The molecule has 3 aromatic heterocycles. The second-order valence-corrected chi connectivity index (χ2v) is 10.1. The third-order valence-electron chi connectivity index (χ3n) is 5.72. The average molecular weight is 519 g/mol. The van der Waals surface area contributed by atoms with Gasteiger partial charge in [0.2, 0.25) is 11.7 Å². The van der Waals surface area contributed by atoms with Crippen molar-refractivity contribution in [1.29, 1.82) is 0 Å². The number of benzene rings is 2. The van der Waals surface area contributed by atoms with Crippen LogP contribution in [-0.2, 0) is 17.9 Å². The molecule has 9 nitrogen and oxygen atoms in total. The van der Waals surface area contributed by atoms with E-state index in [9.17, 15) is 14.4 Å². The number of carbonyl (C=O) groups excluding carboxylic acids is 2. The number of nitrogens with two attached hydrogens (primary N) is 1. The van der Waals surface area contributed by atoms with Crippen molar-refractivity contribution in [3.8, 4) is 0 Å². The molecule has 3 heterocycles. The molecule has 0 bridgehead atoms. The minimum Gasteiger partial charge on any atom is -0.365 e. The molecule has 0 spiro atoms. The van der Waals surface area contributed by atoms with Gasteiger partial charge >= 0.3 is 0 Å². The number of aryl methyl sites for hydroxylation is 1. The molecule has 182 valence electrons. The van der Waals surface area contributed by atoms with Crippen LogP contribution >= 0.6 is 23.1 Å². The van der Waals surface area contributed by atoms with Gasteiger partial charge in [0, 0.05) is 6.54 Å². The monoisotopic (exact) mass is 518 g/mol. The van der Waals surface area contributed by atoms with Gasteiger partial charge in [0.1, 0.15) is 4.83 Å². The van der Waals surface area contributed by atoms with Gasteiger partial charge in [-0.15, -0.1) is 21.5 Å². The molecule has 0 aliphatic carbocycles. The molecule has 0 atom stereocenters. The predicted octanol–water partition coefficient (Wildman–Crippen LogP) is 2.97. The zero-order chi connectivity index (χ0) is 25.2. The molecule has 0 saturated heterocycles. The highest BCUT2D eigenvalue weighted by atomic mass is 32.2. The second-order valence-electron chi connectivity index (χ2n) is 8.15. The lowest BCUT2D eigenvalue weighted by atomic mass is 10.2. The molecule has 0 saturated carbocycles.